The second kappa shape index (κ2) is 3.95. The number of thioether (sulfide) groups is 1. The average Bonchev–Trinajstić information content (AvgIpc) is 2.50. The standard InChI is InChI=1S/C13H16FNS/c1-9-2-5-13(12(14)6-9)15-10-3-4-11(15)8-16-7-10/h2,5-6,10-11H,3-4,7-8H2,1H3. The molecule has 0 aromatic heterocycles. The quantitative estimate of drug-likeness (QED) is 0.738. The summed E-state index contributed by atoms with van der Waals surface area (Å²) in [5, 5.41) is 0. The van der Waals surface area contributed by atoms with Gasteiger partial charge in [0.05, 0.1) is 5.69 Å². The Labute approximate surface area is 100 Å². The number of nitrogens with zero attached hydrogens (tertiary/aromatic N) is 1. The van der Waals surface area contributed by atoms with Gasteiger partial charge in [-0.3, -0.25) is 0 Å². The van der Waals surface area contributed by atoms with Crippen LogP contribution in [0.25, 0.3) is 0 Å². The molecule has 2 heterocycles. The van der Waals surface area contributed by atoms with Crippen LogP contribution in [-0.2, 0) is 0 Å². The number of benzene rings is 1. The first kappa shape index (κ1) is 10.5. The third-order valence-electron chi connectivity index (χ3n) is 3.62. The van der Waals surface area contributed by atoms with Crippen LogP contribution in [0.1, 0.15) is 18.4 Å². The number of anilines is 1. The van der Waals surface area contributed by atoms with Crippen molar-refractivity contribution in [2.75, 3.05) is 16.4 Å². The van der Waals surface area contributed by atoms with Crippen LogP contribution in [-0.4, -0.2) is 23.6 Å². The van der Waals surface area contributed by atoms with E-state index in [1.165, 1.54) is 12.8 Å². The van der Waals surface area contributed by atoms with Gasteiger partial charge < -0.3 is 4.90 Å². The van der Waals surface area contributed by atoms with Gasteiger partial charge in [-0.25, -0.2) is 4.39 Å². The number of aryl methyl sites for hydroxylation is 1. The lowest BCUT2D eigenvalue weighted by molar-refractivity contribution is 0.598. The molecule has 2 bridgehead atoms. The zero-order valence-electron chi connectivity index (χ0n) is 9.45. The van der Waals surface area contributed by atoms with E-state index in [2.05, 4.69) is 4.90 Å². The Morgan fingerprint density at radius 3 is 2.56 bits per heavy atom. The highest BCUT2D eigenvalue weighted by atomic mass is 32.2. The predicted molar refractivity (Wildman–Crippen MR) is 67.8 cm³/mol. The van der Waals surface area contributed by atoms with Gasteiger partial charge in [0.25, 0.3) is 0 Å². The van der Waals surface area contributed by atoms with E-state index in [9.17, 15) is 4.39 Å². The summed E-state index contributed by atoms with van der Waals surface area (Å²) in [5.74, 6) is 2.26. The normalized spacial score (nSPS) is 28.5. The highest BCUT2D eigenvalue weighted by Gasteiger charge is 2.37. The van der Waals surface area contributed by atoms with Gasteiger partial charge in [-0.15, -0.1) is 0 Å². The number of rotatable bonds is 1. The summed E-state index contributed by atoms with van der Waals surface area (Å²) < 4.78 is 14.0. The molecule has 3 heteroatoms. The molecule has 16 heavy (non-hydrogen) atoms. The fraction of sp³-hybridized carbons (Fsp3) is 0.538. The molecule has 1 aromatic carbocycles. The van der Waals surface area contributed by atoms with E-state index in [0.717, 1.165) is 22.8 Å². The summed E-state index contributed by atoms with van der Waals surface area (Å²) in [6, 6.07) is 6.73. The Balaban J connectivity index is 1.97. The largest absolute Gasteiger partial charge is 0.362 e. The van der Waals surface area contributed by atoms with Gasteiger partial charge in [-0.2, -0.15) is 11.8 Å². The lowest BCUT2D eigenvalue weighted by Crippen LogP contribution is -2.43. The van der Waals surface area contributed by atoms with Gasteiger partial charge in [0.1, 0.15) is 5.82 Å². The van der Waals surface area contributed by atoms with Crippen LogP contribution in [0.4, 0.5) is 10.1 Å². The third-order valence-corrected chi connectivity index (χ3v) is 4.86. The molecule has 0 N–H and O–H groups in total. The van der Waals surface area contributed by atoms with Gasteiger partial charge in [0.15, 0.2) is 0 Å². The first-order chi connectivity index (χ1) is 7.75. The van der Waals surface area contributed by atoms with Gasteiger partial charge in [-0.05, 0) is 37.5 Å². The molecule has 0 aliphatic carbocycles. The van der Waals surface area contributed by atoms with Gasteiger partial charge in [0.2, 0.25) is 0 Å². The van der Waals surface area contributed by atoms with E-state index in [-0.39, 0.29) is 5.82 Å². The zero-order valence-corrected chi connectivity index (χ0v) is 10.3. The molecule has 3 rings (SSSR count). The highest BCUT2D eigenvalue weighted by Crippen LogP contribution is 2.38. The Morgan fingerprint density at radius 1 is 1.25 bits per heavy atom. The molecule has 2 saturated heterocycles. The number of fused-ring (bicyclic) bond motifs is 2. The van der Waals surface area contributed by atoms with Crippen molar-refractivity contribution in [3.05, 3.63) is 29.6 Å². The number of hydrogen-bond donors (Lipinski definition) is 0. The average molecular weight is 237 g/mol. The van der Waals surface area contributed by atoms with Crippen molar-refractivity contribution in [1.29, 1.82) is 0 Å². The molecule has 2 unspecified atom stereocenters. The summed E-state index contributed by atoms with van der Waals surface area (Å²) in [6.07, 6.45) is 2.45. The maximum absolute atomic E-state index is 14.0. The Morgan fingerprint density at radius 2 is 1.94 bits per heavy atom. The summed E-state index contributed by atoms with van der Waals surface area (Å²) >= 11 is 2.02. The molecule has 0 saturated carbocycles. The zero-order chi connectivity index (χ0) is 11.1. The number of hydrogen-bond acceptors (Lipinski definition) is 2. The number of halogens is 1. The van der Waals surface area contributed by atoms with Crippen LogP contribution in [0.5, 0.6) is 0 Å². The minimum atomic E-state index is -0.0520. The Kier molecular flexibility index (Phi) is 2.58. The first-order valence-corrected chi connectivity index (χ1v) is 7.03. The Hall–Kier alpha value is -0.700. The molecular weight excluding hydrogens is 221 g/mol. The van der Waals surface area contributed by atoms with E-state index < -0.39 is 0 Å². The monoisotopic (exact) mass is 237 g/mol. The maximum atomic E-state index is 14.0. The van der Waals surface area contributed by atoms with Crippen LogP contribution in [0, 0.1) is 12.7 Å². The predicted octanol–water partition coefficient (Wildman–Crippen LogP) is 3.22. The van der Waals surface area contributed by atoms with Gasteiger partial charge in [-0.1, -0.05) is 6.07 Å². The second-order valence-electron chi connectivity index (χ2n) is 4.78. The van der Waals surface area contributed by atoms with E-state index >= 15 is 0 Å². The summed E-state index contributed by atoms with van der Waals surface area (Å²) in [5.41, 5.74) is 1.82. The first-order valence-electron chi connectivity index (χ1n) is 5.88. The summed E-state index contributed by atoms with van der Waals surface area (Å²) in [6.45, 7) is 1.94. The van der Waals surface area contributed by atoms with Crippen molar-refractivity contribution < 1.29 is 4.39 Å². The van der Waals surface area contributed by atoms with Gasteiger partial charge in [0, 0.05) is 23.6 Å². The van der Waals surface area contributed by atoms with E-state index in [1.807, 2.05) is 30.8 Å². The molecule has 0 spiro atoms. The molecule has 2 aliphatic heterocycles. The molecule has 2 fully saturated rings. The topological polar surface area (TPSA) is 3.24 Å². The van der Waals surface area contributed by atoms with Crippen LogP contribution in [0.3, 0.4) is 0 Å². The molecule has 0 amide bonds. The minimum Gasteiger partial charge on any atom is -0.362 e. The fourth-order valence-corrected chi connectivity index (χ4v) is 4.18. The molecule has 1 nitrogen and oxygen atoms in total. The van der Waals surface area contributed by atoms with Crippen LogP contribution in [0.2, 0.25) is 0 Å². The summed E-state index contributed by atoms with van der Waals surface area (Å²) in [7, 11) is 0. The van der Waals surface area contributed by atoms with E-state index in [1.54, 1.807) is 6.07 Å². The van der Waals surface area contributed by atoms with Crippen molar-refractivity contribution in [3.8, 4) is 0 Å². The van der Waals surface area contributed by atoms with Crippen LogP contribution in [0.15, 0.2) is 18.2 Å². The second-order valence-corrected chi connectivity index (χ2v) is 5.86. The summed E-state index contributed by atoms with van der Waals surface area (Å²) in [4.78, 5) is 2.32. The SMILES string of the molecule is Cc1ccc(N2C3CCC2CSC3)c(F)c1. The van der Waals surface area contributed by atoms with E-state index in [0.29, 0.717) is 12.1 Å². The molecular formula is C13H16FNS. The molecule has 1 aromatic rings. The van der Waals surface area contributed by atoms with Crippen molar-refractivity contribution in [2.24, 2.45) is 0 Å². The van der Waals surface area contributed by atoms with Crippen molar-refractivity contribution >= 4 is 17.4 Å². The minimum absolute atomic E-state index is 0.0520. The molecule has 2 atom stereocenters. The Bertz CT molecular complexity index is 391. The lowest BCUT2D eigenvalue weighted by atomic mass is 10.1. The highest BCUT2D eigenvalue weighted by molar-refractivity contribution is 7.99. The lowest BCUT2D eigenvalue weighted by Gasteiger charge is -2.36. The third kappa shape index (κ3) is 1.61. The molecule has 2 aliphatic rings. The van der Waals surface area contributed by atoms with Crippen molar-refractivity contribution in [2.45, 2.75) is 31.8 Å². The van der Waals surface area contributed by atoms with E-state index in [4.69, 9.17) is 0 Å². The van der Waals surface area contributed by atoms with Crippen molar-refractivity contribution in [3.63, 3.8) is 0 Å². The maximum Gasteiger partial charge on any atom is 0.146 e. The smallest absolute Gasteiger partial charge is 0.146 e. The van der Waals surface area contributed by atoms with Crippen molar-refractivity contribution in [1.82, 2.24) is 0 Å². The van der Waals surface area contributed by atoms with Crippen LogP contribution < -0.4 is 4.90 Å². The molecule has 86 valence electrons. The fourth-order valence-electron chi connectivity index (χ4n) is 2.84. The van der Waals surface area contributed by atoms with Gasteiger partial charge >= 0.3 is 0 Å². The van der Waals surface area contributed by atoms with Crippen LogP contribution >= 0.6 is 11.8 Å². The molecule has 0 radical (unpaired) electrons.